The Morgan fingerprint density at radius 3 is 2.89 bits per heavy atom. The first-order valence-corrected chi connectivity index (χ1v) is 7.57. The fourth-order valence-corrected chi connectivity index (χ4v) is 3.45. The van der Waals surface area contributed by atoms with E-state index in [0.29, 0.717) is 11.4 Å². The average molecular weight is 275 g/mol. The Morgan fingerprint density at radius 2 is 2.39 bits per heavy atom. The van der Waals surface area contributed by atoms with Gasteiger partial charge >= 0.3 is 5.97 Å². The molecule has 1 aliphatic heterocycles. The van der Waals surface area contributed by atoms with Crippen molar-refractivity contribution in [2.75, 3.05) is 26.5 Å². The van der Waals surface area contributed by atoms with Crippen LogP contribution in [0.4, 0.5) is 0 Å². The van der Waals surface area contributed by atoms with Gasteiger partial charge in [-0.15, -0.1) is 0 Å². The third kappa shape index (κ3) is 4.44. The zero-order valence-corrected chi connectivity index (χ0v) is 12.6. The summed E-state index contributed by atoms with van der Waals surface area (Å²) in [5.41, 5.74) is -0.600. The van der Waals surface area contributed by atoms with Crippen LogP contribution in [0.5, 0.6) is 0 Å². The van der Waals surface area contributed by atoms with E-state index in [0.717, 1.165) is 18.8 Å². The van der Waals surface area contributed by atoms with Gasteiger partial charge < -0.3 is 14.8 Å². The molecule has 1 fully saturated rings. The highest BCUT2D eigenvalue weighted by atomic mass is 32.2. The third-order valence-corrected chi connectivity index (χ3v) is 4.77. The normalized spacial score (nSPS) is 24.6. The lowest BCUT2D eigenvalue weighted by Gasteiger charge is -2.29. The van der Waals surface area contributed by atoms with E-state index in [1.165, 1.54) is 20.0 Å². The Kier molecular flexibility index (Phi) is 6.46. The second-order valence-corrected chi connectivity index (χ2v) is 6.53. The lowest BCUT2D eigenvalue weighted by Crippen LogP contribution is -2.49. The van der Waals surface area contributed by atoms with Gasteiger partial charge in [0, 0.05) is 17.6 Å². The third-order valence-electron chi connectivity index (χ3n) is 3.47. The van der Waals surface area contributed by atoms with E-state index in [2.05, 4.69) is 12.2 Å². The van der Waals surface area contributed by atoms with E-state index in [1.807, 2.05) is 18.7 Å². The number of methoxy groups -OCH3 is 1. The summed E-state index contributed by atoms with van der Waals surface area (Å²) in [6, 6.07) is 0. The number of ether oxygens (including phenoxy) is 2. The maximum absolute atomic E-state index is 11.7. The highest BCUT2D eigenvalue weighted by Crippen LogP contribution is 2.26. The van der Waals surface area contributed by atoms with Crippen molar-refractivity contribution < 1.29 is 14.3 Å². The minimum Gasteiger partial charge on any atom is -0.468 e. The molecule has 1 saturated heterocycles. The molecule has 1 rings (SSSR count). The maximum atomic E-state index is 11.7. The quantitative estimate of drug-likeness (QED) is 0.718. The van der Waals surface area contributed by atoms with Gasteiger partial charge in [0.15, 0.2) is 0 Å². The van der Waals surface area contributed by atoms with E-state index in [4.69, 9.17) is 9.47 Å². The highest BCUT2D eigenvalue weighted by molar-refractivity contribution is 7.99. The van der Waals surface area contributed by atoms with Crippen molar-refractivity contribution in [3.63, 3.8) is 0 Å². The molecule has 5 heteroatoms. The first-order chi connectivity index (χ1) is 8.51. The number of likely N-dealkylation sites (N-methyl/N-ethyl adjacent to an activating group) is 1. The summed E-state index contributed by atoms with van der Waals surface area (Å²) >= 11 is 1.87. The van der Waals surface area contributed by atoms with Crippen LogP contribution in [0.3, 0.4) is 0 Å². The number of esters is 1. The van der Waals surface area contributed by atoms with Crippen LogP contribution in [0.15, 0.2) is 0 Å². The van der Waals surface area contributed by atoms with Gasteiger partial charge in [-0.25, -0.2) is 0 Å². The lowest BCUT2D eigenvalue weighted by molar-refractivity contribution is -0.147. The fourth-order valence-electron chi connectivity index (χ4n) is 2.19. The van der Waals surface area contributed by atoms with Crippen molar-refractivity contribution in [1.29, 1.82) is 0 Å². The predicted molar refractivity (Wildman–Crippen MR) is 75.0 cm³/mol. The summed E-state index contributed by atoms with van der Waals surface area (Å²) in [5, 5.41) is 3.46. The molecule has 3 unspecified atom stereocenters. The molecule has 106 valence electrons. The molecular formula is C13H25NO3S. The largest absolute Gasteiger partial charge is 0.468 e. The van der Waals surface area contributed by atoms with E-state index in [1.54, 1.807) is 7.05 Å². The summed E-state index contributed by atoms with van der Waals surface area (Å²) in [7, 11) is 3.23. The van der Waals surface area contributed by atoms with E-state index in [-0.39, 0.29) is 5.97 Å². The van der Waals surface area contributed by atoms with Gasteiger partial charge in [0.2, 0.25) is 0 Å². The van der Waals surface area contributed by atoms with Gasteiger partial charge in [0.25, 0.3) is 0 Å². The molecule has 4 nitrogen and oxygen atoms in total. The number of nitrogens with one attached hydrogen (secondary N) is 1. The smallest absolute Gasteiger partial charge is 0.325 e. The molecule has 0 saturated carbocycles. The topological polar surface area (TPSA) is 47.6 Å². The Labute approximate surface area is 114 Å². The average Bonchev–Trinajstić information content (AvgIpc) is 2.88. The number of hydrogen-bond donors (Lipinski definition) is 1. The number of thioether (sulfide) groups is 1. The molecule has 0 aromatic rings. The van der Waals surface area contributed by atoms with E-state index >= 15 is 0 Å². The number of carbonyl (C=O) groups is 1. The molecule has 0 aromatic heterocycles. The van der Waals surface area contributed by atoms with Crippen LogP contribution < -0.4 is 5.32 Å². The van der Waals surface area contributed by atoms with Crippen molar-refractivity contribution in [2.24, 2.45) is 0 Å². The SMILES string of the molecule is CNC(C)(CC(C)SCC1CCCO1)C(=O)OC. The van der Waals surface area contributed by atoms with Gasteiger partial charge in [-0.05, 0) is 33.2 Å². The molecule has 1 heterocycles. The van der Waals surface area contributed by atoms with Crippen LogP contribution >= 0.6 is 11.8 Å². The minimum atomic E-state index is -0.600. The van der Waals surface area contributed by atoms with Crippen molar-refractivity contribution in [3.05, 3.63) is 0 Å². The Morgan fingerprint density at radius 1 is 1.67 bits per heavy atom. The van der Waals surface area contributed by atoms with Gasteiger partial charge in [0.1, 0.15) is 5.54 Å². The minimum absolute atomic E-state index is 0.199. The first-order valence-electron chi connectivity index (χ1n) is 6.52. The second-order valence-electron chi connectivity index (χ2n) is 5.06. The summed E-state index contributed by atoms with van der Waals surface area (Å²) in [6.07, 6.45) is 3.50. The van der Waals surface area contributed by atoms with Crippen LogP contribution in [-0.4, -0.2) is 49.4 Å². The number of rotatable bonds is 7. The van der Waals surface area contributed by atoms with Gasteiger partial charge in [-0.2, -0.15) is 11.8 Å². The Hall–Kier alpha value is -0.260. The maximum Gasteiger partial charge on any atom is 0.325 e. The molecule has 0 aliphatic carbocycles. The van der Waals surface area contributed by atoms with Crippen molar-refractivity contribution in [3.8, 4) is 0 Å². The molecular weight excluding hydrogens is 250 g/mol. The molecule has 3 atom stereocenters. The summed E-state index contributed by atoms with van der Waals surface area (Å²) < 4.78 is 10.5. The van der Waals surface area contributed by atoms with Crippen LogP contribution in [0, 0.1) is 0 Å². The number of hydrogen-bond acceptors (Lipinski definition) is 5. The lowest BCUT2D eigenvalue weighted by atomic mass is 9.96. The molecule has 0 radical (unpaired) electrons. The van der Waals surface area contributed by atoms with Crippen molar-refractivity contribution >= 4 is 17.7 Å². The second kappa shape index (κ2) is 7.36. The molecule has 0 amide bonds. The molecule has 0 bridgehead atoms. The Balaban J connectivity index is 2.36. The monoisotopic (exact) mass is 275 g/mol. The standard InChI is InChI=1S/C13H25NO3S/c1-10(18-9-11-6-5-7-17-11)8-13(2,14-3)12(15)16-4/h10-11,14H,5-9H2,1-4H3. The van der Waals surface area contributed by atoms with Crippen LogP contribution in [0.25, 0.3) is 0 Å². The summed E-state index contributed by atoms with van der Waals surface area (Å²) in [5.74, 6) is 0.817. The van der Waals surface area contributed by atoms with Crippen molar-refractivity contribution in [2.45, 2.75) is 50.0 Å². The first kappa shape index (κ1) is 15.8. The zero-order chi connectivity index (χ0) is 13.6. The van der Waals surface area contributed by atoms with E-state index < -0.39 is 5.54 Å². The molecule has 18 heavy (non-hydrogen) atoms. The fraction of sp³-hybridized carbons (Fsp3) is 0.923. The van der Waals surface area contributed by atoms with Crippen LogP contribution in [0.1, 0.15) is 33.1 Å². The highest BCUT2D eigenvalue weighted by Gasteiger charge is 2.34. The molecule has 0 aromatic carbocycles. The molecule has 1 aliphatic rings. The van der Waals surface area contributed by atoms with Crippen molar-refractivity contribution in [1.82, 2.24) is 5.32 Å². The number of carbonyl (C=O) groups excluding carboxylic acids is 1. The molecule has 1 N–H and O–H groups in total. The zero-order valence-electron chi connectivity index (χ0n) is 11.8. The van der Waals surface area contributed by atoms with Crippen LogP contribution in [0.2, 0.25) is 0 Å². The Bertz CT molecular complexity index is 269. The van der Waals surface area contributed by atoms with Gasteiger partial charge in [-0.3, -0.25) is 4.79 Å². The van der Waals surface area contributed by atoms with Gasteiger partial charge in [-0.1, -0.05) is 6.92 Å². The van der Waals surface area contributed by atoms with Gasteiger partial charge in [0.05, 0.1) is 13.2 Å². The molecule has 0 spiro atoms. The summed E-state index contributed by atoms with van der Waals surface area (Å²) in [4.78, 5) is 11.7. The predicted octanol–water partition coefficient (Wildman–Crippen LogP) is 1.83. The van der Waals surface area contributed by atoms with E-state index in [9.17, 15) is 4.79 Å². The van der Waals surface area contributed by atoms with Crippen LogP contribution in [-0.2, 0) is 14.3 Å². The summed E-state index contributed by atoms with van der Waals surface area (Å²) in [6.45, 7) is 4.94.